The van der Waals surface area contributed by atoms with E-state index in [4.69, 9.17) is 10.3 Å². The van der Waals surface area contributed by atoms with E-state index in [0.29, 0.717) is 12.0 Å². The topological polar surface area (TPSA) is 133 Å². The first kappa shape index (κ1) is 14.3. The molecule has 0 saturated carbocycles. The number of ether oxygens (including phenoxy) is 1. The number of H-pyrrole nitrogens is 1. The van der Waals surface area contributed by atoms with Crippen molar-refractivity contribution in [2.45, 2.75) is 38.1 Å². The van der Waals surface area contributed by atoms with E-state index in [-0.39, 0.29) is 13.0 Å². The number of aromatic amines is 1. The Morgan fingerprint density at radius 1 is 1.65 bits per heavy atom. The lowest BCUT2D eigenvalue weighted by molar-refractivity contribution is -0.0271. The van der Waals surface area contributed by atoms with Gasteiger partial charge >= 0.3 is 5.69 Å². The van der Waals surface area contributed by atoms with Crippen molar-refractivity contribution in [1.29, 1.82) is 0 Å². The number of nitrogens with zero attached hydrogens (tertiary/aromatic N) is 4. The van der Waals surface area contributed by atoms with Crippen LogP contribution in [0.4, 0.5) is 0 Å². The summed E-state index contributed by atoms with van der Waals surface area (Å²) in [6.07, 6.45) is 0.867. The Morgan fingerprint density at radius 3 is 3.00 bits per heavy atom. The number of aromatic nitrogens is 2. The molecule has 1 aliphatic rings. The Morgan fingerprint density at radius 2 is 2.40 bits per heavy atom. The first-order chi connectivity index (χ1) is 9.60. The van der Waals surface area contributed by atoms with Crippen molar-refractivity contribution in [3.05, 3.63) is 43.0 Å². The fourth-order valence-corrected chi connectivity index (χ4v) is 2.23. The molecule has 2 rings (SSSR count). The van der Waals surface area contributed by atoms with Gasteiger partial charge in [-0.1, -0.05) is 12.0 Å². The predicted octanol–water partition coefficient (Wildman–Crippen LogP) is 0.0577. The summed E-state index contributed by atoms with van der Waals surface area (Å²) in [7, 11) is 0. The monoisotopic (exact) mass is 281 g/mol. The molecular formula is C11H15N5O4. The summed E-state index contributed by atoms with van der Waals surface area (Å²) in [6, 6.07) is -0.543. The van der Waals surface area contributed by atoms with Crippen LogP contribution in [0.2, 0.25) is 0 Å². The van der Waals surface area contributed by atoms with E-state index in [2.05, 4.69) is 15.0 Å². The number of hydrogen-bond donors (Lipinski definition) is 2. The molecule has 1 aromatic heterocycles. The zero-order chi connectivity index (χ0) is 14.7. The van der Waals surface area contributed by atoms with Gasteiger partial charge in [0.25, 0.3) is 5.56 Å². The molecule has 9 nitrogen and oxygen atoms in total. The quantitative estimate of drug-likeness (QED) is 0.458. The van der Waals surface area contributed by atoms with Gasteiger partial charge in [-0.05, 0) is 12.0 Å². The smallest absolute Gasteiger partial charge is 0.330 e. The molecule has 9 heteroatoms. The van der Waals surface area contributed by atoms with Gasteiger partial charge in [-0.25, -0.2) is 4.79 Å². The van der Waals surface area contributed by atoms with E-state index < -0.39 is 29.6 Å². The lowest BCUT2D eigenvalue weighted by atomic mass is 10.1. The maximum Gasteiger partial charge on any atom is 0.330 e. The summed E-state index contributed by atoms with van der Waals surface area (Å²) in [5, 5.41) is 12.7. The van der Waals surface area contributed by atoms with Crippen molar-refractivity contribution < 1.29 is 9.84 Å². The van der Waals surface area contributed by atoms with Gasteiger partial charge in [-0.3, -0.25) is 14.3 Å². The number of nitrogens with one attached hydrogen (secondary N) is 1. The van der Waals surface area contributed by atoms with E-state index in [9.17, 15) is 14.7 Å². The Balaban J connectivity index is 2.36. The lowest BCUT2D eigenvalue weighted by Gasteiger charge is -2.15. The molecule has 0 spiro atoms. The summed E-state index contributed by atoms with van der Waals surface area (Å²) in [5.41, 5.74) is 7.93. The molecule has 108 valence electrons. The van der Waals surface area contributed by atoms with Crippen LogP contribution in [0.25, 0.3) is 10.4 Å². The Labute approximate surface area is 113 Å². The number of rotatable bonds is 4. The lowest BCUT2D eigenvalue weighted by Crippen LogP contribution is -2.34. The Bertz CT molecular complexity index is 645. The second-order valence-electron chi connectivity index (χ2n) is 4.49. The molecule has 2 N–H and O–H groups in total. The van der Waals surface area contributed by atoms with Crippen molar-refractivity contribution >= 4 is 0 Å². The number of aryl methyl sites for hydroxylation is 1. The first-order valence-electron chi connectivity index (χ1n) is 6.25. The summed E-state index contributed by atoms with van der Waals surface area (Å²) >= 11 is 0. The standard InChI is InChI=1S/C11H15N5O4/c1-2-6-4-16(11(19)13-10(6)18)9-3-7(14-15-12)8(5-17)20-9/h4,7-9,17H,2-3,5H2,1H3,(H,13,18,19)/t7-,8+,9+/m0/s1. The highest BCUT2D eigenvalue weighted by atomic mass is 16.5. The van der Waals surface area contributed by atoms with Gasteiger partial charge < -0.3 is 9.84 Å². The first-order valence-corrected chi connectivity index (χ1v) is 6.25. The molecule has 0 aromatic carbocycles. The second kappa shape index (κ2) is 5.91. The molecule has 0 aliphatic carbocycles. The van der Waals surface area contributed by atoms with Gasteiger partial charge in [0, 0.05) is 23.1 Å². The normalized spacial score (nSPS) is 25.4. The van der Waals surface area contributed by atoms with Crippen LogP contribution in [0.5, 0.6) is 0 Å². The highest BCUT2D eigenvalue weighted by Gasteiger charge is 2.35. The summed E-state index contributed by atoms with van der Waals surface area (Å²) in [4.78, 5) is 28.2. The van der Waals surface area contributed by atoms with Crippen LogP contribution in [0, 0.1) is 0 Å². The largest absolute Gasteiger partial charge is 0.394 e. The minimum atomic E-state index is -0.669. The fourth-order valence-electron chi connectivity index (χ4n) is 2.23. The Hall–Kier alpha value is -2.09. The van der Waals surface area contributed by atoms with Crippen LogP contribution in [0.1, 0.15) is 25.1 Å². The second-order valence-corrected chi connectivity index (χ2v) is 4.49. The number of hydrogen-bond acceptors (Lipinski definition) is 5. The van der Waals surface area contributed by atoms with Gasteiger partial charge in [0.05, 0.1) is 18.8 Å². The third-order valence-corrected chi connectivity index (χ3v) is 3.32. The Kier molecular flexibility index (Phi) is 4.23. The van der Waals surface area contributed by atoms with E-state index in [0.717, 1.165) is 0 Å². The molecule has 0 radical (unpaired) electrons. The zero-order valence-electron chi connectivity index (χ0n) is 10.9. The number of azide groups is 1. The van der Waals surface area contributed by atoms with Crippen molar-refractivity contribution in [2.24, 2.45) is 5.11 Å². The third kappa shape index (κ3) is 2.60. The number of aliphatic hydroxyl groups excluding tert-OH is 1. The average molecular weight is 281 g/mol. The van der Waals surface area contributed by atoms with E-state index in [1.165, 1.54) is 10.8 Å². The SMILES string of the molecule is CCc1cn([C@H]2C[C@H](N=[N+]=[N-])[C@@H](CO)O2)c(=O)[nH]c1=O. The van der Waals surface area contributed by atoms with Crippen LogP contribution >= 0.6 is 0 Å². The van der Waals surface area contributed by atoms with Crippen LogP contribution in [-0.4, -0.2) is 33.4 Å². The van der Waals surface area contributed by atoms with Crippen molar-refractivity contribution in [1.82, 2.24) is 9.55 Å². The molecule has 0 unspecified atom stereocenters. The average Bonchev–Trinajstić information content (AvgIpc) is 2.82. The molecule has 1 aliphatic heterocycles. The molecule has 1 aromatic rings. The predicted molar refractivity (Wildman–Crippen MR) is 69.2 cm³/mol. The van der Waals surface area contributed by atoms with Gasteiger partial charge in [-0.15, -0.1) is 0 Å². The zero-order valence-corrected chi connectivity index (χ0v) is 10.9. The molecule has 1 fully saturated rings. The molecule has 0 amide bonds. The van der Waals surface area contributed by atoms with Crippen molar-refractivity contribution in [3.63, 3.8) is 0 Å². The maximum absolute atomic E-state index is 11.8. The van der Waals surface area contributed by atoms with Gasteiger partial charge in [0.2, 0.25) is 0 Å². The van der Waals surface area contributed by atoms with Gasteiger partial charge in [0.1, 0.15) is 6.23 Å². The highest BCUT2D eigenvalue weighted by molar-refractivity contribution is 5.05. The number of aliphatic hydroxyl groups is 1. The molecular weight excluding hydrogens is 266 g/mol. The van der Waals surface area contributed by atoms with Crippen molar-refractivity contribution in [2.75, 3.05) is 6.61 Å². The molecule has 20 heavy (non-hydrogen) atoms. The fraction of sp³-hybridized carbons (Fsp3) is 0.636. The van der Waals surface area contributed by atoms with Crippen LogP contribution in [0.15, 0.2) is 20.9 Å². The van der Waals surface area contributed by atoms with E-state index >= 15 is 0 Å². The van der Waals surface area contributed by atoms with Crippen LogP contribution < -0.4 is 11.2 Å². The van der Waals surface area contributed by atoms with Gasteiger partial charge in [0.15, 0.2) is 0 Å². The summed E-state index contributed by atoms with van der Waals surface area (Å²) < 4.78 is 6.77. The minimum absolute atomic E-state index is 0.268. The minimum Gasteiger partial charge on any atom is -0.394 e. The van der Waals surface area contributed by atoms with Crippen molar-refractivity contribution in [3.8, 4) is 0 Å². The third-order valence-electron chi connectivity index (χ3n) is 3.32. The molecule has 3 atom stereocenters. The van der Waals surface area contributed by atoms with E-state index in [1.807, 2.05) is 0 Å². The van der Waals surface area contributed by atoms with Gasteiger partial charge in [-0.2, -0.15) is 0 Å². The summed E-state index contributed by atoms with van der Waals surface area (Å²) in [5.74, 6) is 0. The summed E-state index contributed by atoms with van der Waals surface area (Å²) in [6.45, 7) is 1.49. The van der Waals surface area contributed by atoms with Crippen LogP contribution in [-0.2, 0) is 11.2 Å². The molecule has 2 heterocycles. The highest BCUT2D eigenvalue weighted by Crippen LogP contribution is 2.29. The molecule has 0 bridgehead atoms. The van der Waals surface area contributed by atoms with Crippen LogP contribution in [0.3, 0.4) is 0 Å². The van der Waals surface area contributed by atoms with E-state index in [1.54, 1.807) is 6.92 Å². The maximum atomic E-state index is 11.8. The molecule has 1 saturated heterocycles.